The second-order valence-corrected chi connectivity index (χ2v) is 12.3. The van der Waals surface area contributed by atoms with Crippen LogP contribution in [0.4, 0.5) is 29.2 Å². The summed E-state index contributed by atoms with van der Waals surface area (Å²) in [6.07, 6.45) is -2.19. The number of fused-ring (bicyclic) bond motifs is 1. The first-order valence-corrected chi connectivity index (χ1v) is 15.5. The molecule has 12 nitrogen and oxygen atoms in total. The van der Waals surface area contributed by atoms with Gasteiger partial charge in [0.15, 0.2) is 5.82 Å². The van der Waals surface area contributed by atoms with Gasteiger partial charge in [0.05, 0.1) is 42.1 Å². The fourth-order valence-electron chi connectivity index (χ4n) is 6.71. The van der Waals surface area contributed by atoms with E-state index in [1.54, 1.807) is 12.3 Å². The van der Waals surface area contributed by atoms with Gasteiger partial charge in [0, 0.05) is 35.2 Å². The Labute approximate surface area is 271 Å². The van der Waals surface area contributed by atoms with Crippen LogP contribution in [0.15, 0.2) is 30.6 Å². The molecule has 252 valence electrons. The van der Waals surface area contributed by atoms with Crippen molar-refractivity contribution in [1.29, 1.82) is 0 Å². The van der Waals surface area contributed by atoms with Gasteiger partial charge in [-0.15, -0.1) is 0 Å². The van der Waals surface area contributed by atoms with Gasteiger partial charge < -0.3 is 30.5 Å². The summed E-state index contributed by atoms with van der Waals surface area (Å²) in [6.45, 7) is 6.20. The van der Waals surface area contributed by atoms with Crippen LogP contribution in [0, 0.1) is 18.7 Å². The standard InChI is InChI=1S/C32H33F4N9O3/c1-14-9-20-19(11-40-44-20)22(24(14)32(34,35)36)26-25(33)27-23-29(43-31(42-27)48-13-17-10-38-8-6-21(17)46)45(15(2)12-47-30(23)41-26)16(3)18-5-4-7-39-28(18)37/h4-5,7,9,11,15-17,21,38,46H,6,8,10,12-13H2,1-3H3,(H2,37,39)(H,40,44)/t15-,16+,17-,21-/m0/s1. The molecule has 0 saturated carbocycles. The fraction of sp³-hybridized carbons (Fsp3) is 0.406. The number of alkyl halides is 3. The topological polar surface area (TPSA) is 160 Å². The smallest absolute Gasteiger partial charge is 0.417 e. The zero-order chi connectivity index (χ0) is 33.9. The number of aromatic amines is 1. The maximum Gasteiger partial charge on any atom is 0.417 e. The van der Waals surface area contributed by atoms with Crippen LogP contribution in [0.5, 0.6) is 11.9 Å². The number of anilines is 2. The first-order chi connectivity index (χ1) is 22.9. The van der Waals surface area contributed by atoms with Crippen LogP contribution >= 0.6 is 0 Å². The minimum absolute atomic E-state index is 0.00837. The van der Waals surface area contributed by atoms with Gasteiger partial charge in [0.25, 0.3) is 0 Å². The summed E-state index contributed by atoms with van der Waals surface area (Å²) in [5.74, 6) is -1.08. The predicted octanol–water partition coefficient (Wildman–Crippen LogP) is 4.71. The summed E-state index contributed by atoms with van der Waals surface area (Å²) in [5.41, 5.74) is 4.57. The van der Waals surface area contributed by atoms with Crippen molar-refractivity contribution >= 4 is 33.4 Å². The number of piperidine rings is 1. The van der Waals surface area contributed by atoms with E-state index in [2.05, 4.69) is 30.5 Å². The Balaban J connectivity index is 1.48. The molecule has 5 aromatic rings. The number of ether oxygens (including phenoxy) is 2. The molecule has 6 heterocycles. The van der Waals surface area contributed by atoms with E-state index in [0.29, 0.717) is 25.1 Å². The molecule has 2 aliphatic heterocycles. The zero-order valence-corrected chi connectivity index (χ0v) is 26.3. The Morgan fingerprint density at radius 1 is 1.25 bits per heavy atom. The molecule has 0 spiro atoms. The van der Waals surface area contributed by atoms with Crippen molar-refractivity contribution in [3.8, 4) is 23.1 Å². The number of benzene rings is 1. The molecule has 4 atom stereocenters. The van der Waals surface area contributed by atoms with E-state index in [0.717, 1.165) is 0 Å². The van der Waals surface area contributed by atoms with Crippen molar-refractivity contribution in [2.75, 3.05) is 36.9 Å². The molecule has 1 fully saturated rings. The highest BCUT2D eigenvalue weighted by Crippen LogP contribution is 2.47. The Morgan fingerprint density at radius 2 is 2.06 bits per heavy atom. The van der Waals surface area contributed by atoms with Gasteiger partial charge in [-0.1, -0.05) is 6.07 Å². The van der Waals surface area contributed by atoms with Crippen molar-refractivity contribution < 1.29 is 32.1 Å². The number of nitrogens with one attached hydrogen (secondary N) is 2. The lowest BCUT2D eigenvalue weighted by Gasteiger charge is -2.35. The minimum Gasteiger partial charge on any atom is -0.475 e. The Bertz CT molecular complexity index is 2020. The number of aliphatic hydroxyl groups is 1. The molecule has 0 amide bonds. The van der Waals surface area contributed by atoms with Crippen LogP contribution in [0.25, 0.3) is 33.1 Å². The van der Waals surface area contributed by atoms with E-state index in [9.17, 15) is 18.3 Å². The molecule has 48 heavy (non-hydrogen) atoms. The van der Waals surface area contributed by atoms with Crippen molar-refractivity contribution in [2.24, 2.45) is 5.92 Å². The van der Waals surface area contributed by atoms with E-state index < -0.39 is 47.0 Å². The maximum atomic E-state index is 17.0. The molecular weight excluding hydrogens is 634 g/mol. The number of aromatic nitrogens is 6. The Hall–Kier alpha value is -4.83. The second kappa shape index (κ2) is 12.0. The van der Waals surface area contributed by atoms with E-state index in [4.69, 9.17) is 20.2 Å². The quantitative estimate of drug-likeness (QED) is 0.186. The molecule has 16 heteroatoms. The first-order valence-electron chi connectivity index (χ1n) is 15.5. The van der Waals surface area contributed by atoms with Crippen molar-refractivity contribution in [3.63, 3.8) is 0 Å². The molecule has 0 unspecified atom stereocenters. The summed E-state index contributed by atoms with van der Waals surface area (Å²) in [4.78, 5) is 19.6. The third kappa shape index (κ3) is 5.38. The number of rotatable bonds is 6. The molecule has 5 N–H and O–H groups in total. The number of pyridine rings is 2. The van der Waals surface area contributed by atoms with Crippen molar-refractivity contribution in [1.82, 2.24) is 35.5 Å². The van der Waals surface area contributed by atoms with E-state index in [1.165, 1.54) is 19.2 Å². The van der Waals surface area contributed by atoms with Crippen LogP contribution in [0.1, 0.15) is 43.0 Å². The molecule has 0 aliphatic carbocycles. The number of nitrogens with two attached hydrogens (primary N) is 1. The van der Waals surface area contributed by atoms with Crippen LogP contribution in [-0.4, -0.2) is 73.7 Å². The zero-order valence-electron chi connectivity index (χ0n) is 26.3. The molecule has 0 bridgehead atoms. The highest BCUT2D eigenvalue weighted by molar-refractivity contribution is 6.02. The summed E-state index contributed by atoms with van der Waals surface area (Å²) in [6, 6.07) is 3.75. The van der Waals surface area contributed by atoms with Crippen LogP contribution in [0.2, 0.25) is 0 Å². The molecule has 1 aromatic carbocycles. The second-order valence-electron chi connectivity index (χ2n) is 12.3. The molecule has 4 aromatic heterocycles. The molecular formula is C32H33F4N9O3. The number of nitrogen functional groups attached to an aromatic ring is 1. The maximum absolute atomic E-state index is 17.0. The minimum atomic E-state index is -4.85. The van der Waals surface area contributed by atoms with E-state index >= 15 is 4.39 Å². The lowest BCUT2D eigenvalue weighted by atomic mass is 9.94. The van der Waals surface area contributed by atoms with Crippen molar-refractivity contribution in [3.05, 3.63) is 53.1 Å². The largest absolute Gasteiger partial charge is 0.475 e. The van der Waals surface area contributed by atoms with Gasteiger partial charge in [0.1, 0.15) is 34.8 Å². The Morgan fingerprint density at radius 3 is 2.81 bits per heavy atom. The number of hydrogen-bond acceptors (Lipinski definition) is 11. The molecule has 2 aliphatic rings. The first kappa shape index (κ1) is 31.8. The number of aliphatic hydroxyl groups excluding tert-OH is 1. The molecule has 0 radical (unpaired) electrons. The van der Waals surface area contributed by atoms with Gasteiger partial charge in [-0.3, -0.25) is 5.10 Å². The summed E-state index contributed by atoms with van der Waals surface area (Å²) in [5, 5.41) is 20.4. The lowest BCUT2D eigenvalue weighted by molar-refractivity contribution is -0.137. The van der Waals surface area contributed by atoms with Crippen LogP contribution in [-0.2, 0) is 6.18 Å². The van der Waals surface area contributed by atoms with E-state index in [-0.39, 0.29) is 70.0 Å². The van der Waals surface area contributed by atoms with Gasteiger partial charge in [0.2, 0.25) is 5.88 Å². The van der Waals surface area contributed by atoms with Crippen LogP contribution in [0.3, 0.4) is 0 Å². The number of H-pyrrole nitrogens is 1. The summed E-state index contributed by atoms with van der Waals surface area (Å²) in [7, 11) is 0. The van der Waals surface area contributed by atoms with Gasteiger partial charge in [-0.2, -0.15) is 28.2 Å². The molecule has 1 saturated heterocycles. The number of halogens is 4. The lowest BCUT2D eigenvalue weighted by Crippen LogP contribution is -2.42. The third-order valence-electron chi connectivity index (χ3n) is 9.09. The highest BCUT2D eigenvalue weighted by Gasteiger charge is 2.40. The summed E-state index contributed by atoms with van der Waals surface area (Å²) >= 11 is 0. The Kier molecular flexibility index (Phi) is 7.94. The number of nitrogens with zero attached hydrogens (tertiary/aromatic N) is 6. The predicted molar refractivity (Wildman–Crippen MR) is 169 cm³/mol. The van der Waals surface area contributed by atoms with Crippen molar-refractivity contribution in [2.45, 2.75) is 51.6 Å². The normalized spacial score (nSPS) is 20.5. The van der Waals surface area contributed by atoms with Gasteiger partial charge in [-0.05, 0) is 51.4 Å². The van der Waals surface area contributed by atoms with Crippen LogP contribution < -0.4 is 25.4 Å². The average molecular weight is 668 g/mol. The van der Waals surface area contributed by atoms with E-state index in [1.807, 2.05) is 24.8 Å². The number of hydrogen-bond donors (Lipinski definition) is 4. The third-order valence-corrected chi connectivity index (χ3v) is 9.09. The number of aryl methyl sites for hydroxylation is 1. The summed E-state index contributed by atoms with van der Waals surface area (Å²) < 4.78 is 73.1. The fourth-order valence-corrected chi connectivity index (χ4v) is 6.71. The van der Waals surface area contributed by atoms with Gasteiger partial charge in [-0.25, -0.2) is 14.4 Å². The highest BCUT2D eigenvalue weighted by atomic mass is 19.4. The van der Waals surface area contributed by atoms with Gasteiger partial charge >= 0.3 is 12.2 Å². The monoisotopic (exact) mass is 667 g/mol. The SMILES string of the molecule is Cc1cc2[nH]ncc2c(-c2nc3c4c(nc(OC[C@@H]5CNCC[C@@H]5O)nc4c2F)N([C@H](C)c2cccnc2N)[C@@H](C)CO3)c1C(F)(F)F. The average Bonchev–Trinajstić information content (AvgIpc) is 3.46. The molecule has 7 rings (SSSR count).